The van der Waals surface area contributed by atoms with E-state index in [9.17, 15) is 10.1 Å². The van der Waals surface area contributed by atoms with Gasteiger partial charge in [0.05, 0.1) is 15.1 Å². The van der Waals surface area contributed by atoms with Crippen molar-refractivity contribution in [2.75, 3.05) is 11.9 Å². The van der Waals surface area contributed by atoms with E-state index in [1.54, 1.807) is 17.7 Å². The highest BCUT2D eigenvalue weighted by Gasteiger charge is 2.19. The van der Waals surface area contributed by atoms with Gasteiger partial charge in [0.25, 0.3) is 0 Å². The normalized spacial score (nSPS) is 10.4. The summed E-state index contributed by atoms with van der Waals surface area (Å²) in [6, 6.07) is 3.57. The third-order valence-electron chi connectivity index (χ3n) is 2.32. The monoisotopic (exact) mass is 249 g/mol. The van der Waals surface area contributed by atoms with Gasteiger partial charge in [-0.1, -0.05) is 6.08 Å². The molecule has 0 unspecified atom stereocenters. The molecule has 0 aliphatic rings. The molecule has 1 heterocycles. The van der Waals surface area contributed by atoms with Crippen LogP contribution in [0.3, 0.4) is 0 Å². The van der Waals surface area contributed by atoms with Crippen molar-refractivity contribution >= 4 is 32.9 Å². The molecule has 0 amide bonds. The Morgan fingerprint density at radius 3 is 3.12 bits per heavy atom. The maximum absolute atomic E-state index is 11.1. The third-order valence-corrected chi connectivity index (χ3v) is 3.12. The zero-order chi connectivity index (χ0) is 12.3. The molecular formula is C11H11N3O2S. The topological polar surface area (TPSA) is 68.1 Å². The van der Waals surface area contributed by atoms with Crippen LogP contribution in [0.5, 0.6) is 0 Å². The molecule has 0 atom stereocenters. The zero-order valence-corrected chi connectivity index (χ0v) is 9.87. The number of nitro groups is 1. The molecule has 6 heteroatoms. The molecule has 2 rings (SSSR count). The first-order valence-corrected chi connectivity index (χ1v) is 5.97. The molecular weight excluding hydrogens is 238 g/mol. The van der Waals surface area contributed by atoms with Crippen LogP contribution < -0.4 is 5.32 Å². The third kappa shape index (κ3) is 2.26. The summed E-state index contributed by atoms with van der Waals surface area (Å²) in [5.41, 5.74) is 2.62. The molecule has 5 nitrogen and oxygen atoms in total. The van der Waals surface area contributed by atoms with Crippen LogP contribution in [0.25, 0.3) is 10.2 Å². The summed E-state index contributed by atoms with van der Waals surface area (Å²) in [7, 11) is 0. The maximum Gasteiger partial charge on any atom is 0.319 e. The van der Waals surface area contributed by atoms with Gasteiger partial charge < -0.3 is 5.32 Å². The lowest BCUT2D eigenvalue weighted by Crippen LogP contribution is -2.03. The first-order chi connectivity index (χ1) is 8.24. The Bertz CT molecular complexity index is 565. The van der Waals surface area contributed by atoms with E-state index in [4.69, 9.17) is 0 Å². The van der Waals surface area contributed by atoms with Crippen molar-refractivity contribution in [1.29, 1.82) is 0 Å². The second-order valence-electron chi connectivity index (χ2n) is 3.42. The van der Waals surface area contributed by atoms with Gasteiger partial charge in [-0.2, -0.15) is 0 Å². The van der Waals surface area contributed by atoms with E-state index in [0.29, 0.717) is 17.7 Å². The predicted octanol–water partition coefficient (Wildman–Crippen LogP) is 3.19. The van der Waals surface area contributed by atoms with Crippen LogP contribution in [0.4, 0.5) is 11.4 Å². The van der Waals surface area contributed by atoms with E-state index in [2.05, 4.69) is 16.9 Å². The van der Waals surface area contributed by atoms with Crippen LogP contribution in [0.2, 0.25) is 0 Å². The van der Waals surface area contributed by atoms with Crippen molar-refractivity contribution < 1.29 is 4.92 Å². The Hall–Kier alpha value is -1.95. The number of thiazole rings is 1. The highest BCUT2D eigenvalue weighted by molar-refractivity contribution is 7.16. The van der Waals surface area contributed by atoms with Crippen molar-refractivity contribution in [3.63, 3.8) is 0 Å². The molecule has 0 radical (unpaired) electrons. The van der Waals surface area contributed by atoms with Crippen LogP contribution in [-0.4, -0.2) is 16.5 Å². The van der Waals surface area contributed by atoms with Gasteiger partial charge in [0.2, 0.25) is 0 Å². The van der Waals surface area contributed by atoms with Gasteiger partial charge in [-0.15, -0.1) is 17.9 Å². The van der Waals surface area contributed by atoms with Crippen LogP contribution in [-0.2, 0) is 0 Å². The summed E-state index contributed by atoms with van der Waals surface area (Å²) in [4.78, 5) is 14.7. The number of nitrogens with zero attached hydrogens (tertiary/aromatic N) is 2. The van der Waals surface area contributed by atoms with Crippen molar-refractivity contribution in [1.82, 2.24) is 4.98 Å². The molecule has 17 heavy (non-hydrogen) atoms. The van der Waals surface area contributed by atoms with Gasteiger partial charge in [-0.05, 0) is 18.6 Å². The molecule has 2 aromatic rings. The number of aromatic nitrogens is 1. The van der Waals surface area contributed by atoms with Crippen LogP contribution in [0, 0.1) is 10.1 Å². The van der Waals surface area contributed by atoms with Crippen molar-refractivity contribution in [2.24, 2.45) is 0 Å². The molecule has 1 aromatic heterocycles. The lowest BCUT2D eigenvalue weighted by molar-refractivity contribution is -0.382. The number of rotatable bonds is 5. The number of hydrogen-bond donors (Lipinski definition) is 1. The highest BCUT2D eigenvalue weighted by Crippen LogP contribution is 2.34. The van der Waals surface area contributed by atoms with Crippen LogP contribution in [0.1, 0.15) is 6.42 Å². The van der Waals surface area contributed by atoms with Gasteiger partial charge in [0, 0.05) is 6.54 Å². The summed E-state index contributed by atoms with van der Waals surface area (Å²) in [6.45, 7) is 4.23. The molecule has 0 aliphatic heterocycles. The van der Waals surface area contributed by atoms with Crippen LogP contribution >= 0.6 is 11.3 Å². The Morgan fingerprint density at radius 2 is 2.41 bits per heavy atom. The number of nitro benzene ring substituents is 1. The summed E-state index contributed by atoms with van der Waals surface area (Å²) in [5.74, 6) is 0. The number of anilines is 1. The predicted molar refractivity (Wildman–Crippen MR) is 69.6 cm³/mol. The Labute approximate surface area is 102 Å². The first kappa shape index (κ1) is 11.5. The summed E-state index contributed by atoms with van der Waals surface area (Å²) >= 11 is 1.40. The molecule has 1 aromatic carbocycles. The SMILES string of the molecule is C=CCCNc1ccc2scnc2c1[N+](=O)[O-]. The fraction of sp³-hybridized carbons (Fsp3) is 0.182. The summed E-state index contributed by atoms with van der Waals surface area (Å²) < 4.78 is 0.825. The summed E-state index contributed by atoms with van der Waals surface area (Å²) in [6.07, 6.45) is 2.52. The fourth-order valence-electron chi connectivity index (χ4n) is 1.55. The minimum absolute atomic E-state index is 0.0489. The van der Waals surface area contributed by atoms with Gasteiger partial charge in [0.1, 0.15) is 5.69 Å². The molecule has 0 spiro atoms. The van der Waals surface area contributed by atoms with Gasteiger partial charge in [-0.3, -0.25) is 10.1 Å². The number of fused-ring (bicyclic) bond motifs is 1. The highest BCUT2D eigenvalue weighted by atomic mass is 32.1. The molecule has 1 N–H and O–H groups in total. The van der Waals surface area contributed by atoms with Crippen LogP contribution in [0.15, 0.2) is 30.3 Å². The Kier molecular flexibility index (Phi) is 3.34. The second kappa shape index (κ2) is 4.92. The Balaban J connectivity index is 2.43. The fourth-order valence-corrected chi connectivity index (χ4v) is 2.23. The quantitative estimate of drug-likeness (QED) is 0.382. The van der Waals surface area contributed by atoms with E-state index >= 15 is 0 Å². The minimum Gasteiger partial charge on any atom is -0.379 e. The Morgan fingerprint density at radius 1 is 1.59 bits per heavy atom. The van der Waals surface area contributed by atoms with E-state index in [-0.39, 0.29) is 5.69 Å². The molecule has 0 saturated heterocycles. The molecule has 88 valence electrons. The molecule has 0 fully saturated rings. The average Bonchev–Trinajstić information content (AvgIpc) is 2.76. The number of nitrogens with one attached hydrogen (secondary N) is 1. The molecule has 0 aliphatic carbocycles. The zero-order valence-electron chi connectivity index (χ0n) is 9.05. The largest absolute Gasteiger partial charge is 0.379 e. The lowest BCUT2D eigenvalue weighted by atomic mass is 10.2. The standard InChI is InChI=1S/C11H11N3O2S/c1-2-3-6-12-8-4-5-9-10(13-7-17-9)11(8)14(15)16/h2,4-5,7,12H,1,3,6H2. The van der Waals surface area contributed by atoms with Crippen molar-refractivity contribution in [2.45, 2.75) is 6.42 Å². The minimum atomic E-state index is -0.391. The van der Waals surface area contributed by atoms with E-state index in [1.807, 2.05) is 6.07 Å². The number of hydrogen-bond acceptors (Lipinski definition) is 5. The van der Waals surface area contributed by atoms with Gasteiger partial charge in [-0.25, -0.2) is 4.98 Å². The maximum atomic E-state index is 11.1. The van der Waals surface area contributed by atoms with Crippen molar-refractivity contribution in [3.8, 4) is 0 Å². The van der Waals surface area contributed by atoms with E-state index in [0.717, 1.165) is 11.1 Å². The van der Waals surface area contributed by atoms with E-state index < -0.39 is 4.92 Å². The molecule has 0 saturated carbocycles. The average molecular weight is 249 g/mol. The number of benzene rings is 1. The first-order valence-electron chi connectivity index (χ1n) is 5.09. The summed E-state index contributed by atoms with van der Waals surface area (Å²) in [5, 5.41) is 14.1. The van der Waals surface area contributed by atoms with Gasteiger partial charge in [0.15, 0.2) is 5.52 Å². The second-order valence-corrected chi connectivity index (χ2v) is 4.31. The lowest BCUT2D eigenvalue weighted by Gasteiger charge is -2.05. The smallest absolute Gasteiger partial charge is 0.319 e. The molecule has 0 bridgehead atoms. The van der Waals surface area contributed by atoms with E-state index in [1.165, 1.54) is 11.3 Å². The van der Waals surface area contributed by atoms with Gasteiger partial charge >= 0.3 is 5.69 Å². The van der Waals surface area contributed by atoms with Crippen molar-refractivity contribution in [3.05, 3.63) is 40.4 Å².